The maximum absolute atomic E-state index is 14.9. The summed E-state index contributed by atoms with van der Waals surface area (Å²) in [5, 5.41) is 20.4. The molecule has 6 rings (SSSR count). The Hall–Kier alpha value is -3.03. The summed E-state index contributed by atoms with van der Waals surface area (Å²) in [6.45, 7) is 30.2. The highest BCUT2D eigenvalue weighted by molar-refractivity contribution is 6.74. The standard InChI is InChI=1S/C50H82F2N6O6Si2/c1-14-58-40(19-22-53-58)37-17-15-36(16-18-37)39(30-63-65(10,11)46(4,5)6)54-44(61)41-26-38(64-66(12,13)47(7,8)9)29-57(41)45(62)43(34(2)3)55-42(60)25-35-27-48(28-35)20-23-56(24-21-48)32-49(33-59)31-50(49,51)52/h15-19,22,34-35,38-39,41,43,59H,14,20-21,23-33H2,1-13H3,(H,54,61)(H,55,60)/t38-,39+,41+,43+,49-/m1/s1. The number of aryl methyl sites for hydroxylation is 1. The Labute approximate surface area is 396 Å². The molecule has 4 fully saturated rings. The predicted molar refractivity (Wildman–Crippen MR) is 261 cm³/mol. The van der Waals surface area contributed by atoms with Crippen LogP contribution in [0.4, 0.5) is 8.78 Å². The average Bonchev–Trinajstić information content (AvgIpc) is 3.56. The Kier molecular flexibility index (Phi) is 15.4. The number of hydrogen-bond donors (Lipinski definition) is 3. The summed E-state index contributed by atoms with van der Waals surface area (Å²) in [4.78, 5) is 47.3. The minimum atomic E-state index is -2.79. The van der Waals surface area contributed by atoms with E-state index in [0.29, 0.717) is 25.9 Å². The minimum Gasteiger partial charge on any atom is -0.414 e. The van der Waals surface area contributed by atoms with E-state index in [-0.39, 0.29) is 77.3 Å². The highest BCUT2D eigenvalue weighted by Crippen LogP contribution is 2.61. The molecule has 3 amide bonds. The van der Waals surface area contributed by atoms with Crippen LogP contribution in [0.1, 0.15) is 119 Å². The van der Waals surface area contributed by atoms with Crippen LogP contribution in [-0.4, -0.2) is 123 Å². The van der Waals surface area contributed by atoms with Gasteiger partial charge in [0.25, 0.3) is 5.92 Å². The van der Waals surface area contributed by atoms with Gasteiger partial charge < -0.3 is 34.4 Å². The molecule has 2 saturated heterocycles. The number of benzene rings is 1. The number of alkyl halides is 2. The van der Waals surface area contributed by atoms with Crippen LogP contribution in [0.25, 0.3) is 11.3 Å². The van der Waals surface area contributed by atoms with Gasteiger partial charge in [-0.25, -0.2) is 8.78 Å². The largest absolute Gasteiger partial charge is 0.414 e. The highest BCUT2D eigenvalue weighted by atomic mass is 28.4. The Morgan fingerprint density at radius 2 is 1.55 bits per heavy atom. The lowest BCUT2D eigenvalue weighted by Crippen LogP contribution is -2.56. The maximum atomic E-state index is 14.9. The number of nitrogens with one attached hydrogen (secondary N) is 2. The van der Waals surface area contributed by atoms with E-state index < -0.39 is 52.7 Å². The number of aliphatic hydroxyl groups excluding tert-OH is 1. The molecule has 370 valence electrons. The van der Waals surface area contributed by atoms with E-state index in [1.54, 1.807) is 11.1 Å². The van der Waals surface area contributed by atoms with E-state index in [0.717, 1.165) is 49.0 Å². The first-order valence-corrected chi connectivity index (χ1v) is 30.4. The molecule has 0 bridgehead atoms. The van der Waals surface area contributed by atoms with Gasteiger partial charge in [0, 0.05) is 45.1 Å². The Morgan fingerprint density at radius 1 is 0.939 bits per heavy atom. The summed E-state index contributed by atoms with van der Waals surface area (Å²) in [5.41, 5.74) is 1.73. The monoisotopic (exact) mass is 957 g/mol. The fourth-order valence-corrected chi connectivity index (χ4v) is 12.3. The molecule has 0 unspecified atom stereocenters. The first-order valence-electron chi connectivity index (χ1n) is 24.6. The molecule has 1 aromatic heterocycles. The third-order valence-electron chi connectivity index (χ3n) is 16.6. The van der Waals surface area contributed by atoms with Crippen molar-refractivity contribution in [2.45, 2.75) is 180 Å². The van der Waals surface area contributed by atoms with Crippen molar-refractivity contribution < 1.29 is 37.1 Å². The average molecular weight is 957 g/mol. The van der Waals surface area contributed by atoms with Crippen molar-refractivity contribution in [3.63, 3.8) is 0 Å². The number of carbonyl (C=O) groups is 3. The van der Waals surface area contributed by atoms with Gasteiger partial charge in [0.05, 0.1) is 36.5 Å². The van der Waals surface area contributed by atoms with Gasteiger partial charge in [0.2, 0.25) is 17.7 Å². The van der Waals surface area contributed by atoms with Crippen LogP contribution in [0.2, 0.25) is 36.3 Å². The molecule has 2 aromatic rings. The van der Waals surface area contributed by atoms with Gasteiger partial charge >= 0.3 is 0 Å². The van der Waals surface area contributed by atoms with Crippen LogP contribution in [0.15, 0.2) is 36.5 Å². The molecule has 66 heavy (non-hydrogen) atoms. The SMILES string of the molecule is CCn1nccc1-c1ccc([C@H](CO[Si](C)(C)C(C)(C)C)NC(=O)[C@@H]2C[C@@H](O[Si](C)(C)C(C)(C)C)CN2C(=O)[C@@H](NC(=O)CC2CC3(CCN(C[C@@]4(CO)CC4(F)F)CC3)C2)C(C)C)cc1. The first-order chi connectivity index (χ1) is 30.6. The second-order valence-electron chi connectivity index (χ2n) is 23.9. The quantitative estimate of drug-likeness (QED) is 0.126. The Balaban J connectivity index is 1.16. The van der Waals surface area contributed by atoms with Crippen LogP contribution in [-0.2, 0) is 29.8 Å². The summed E-state index contributed by atoms with van der Waals surface area (Å²) < 4.78 is 43.7. The highest BCUT2D eigenvalue weighted by Gasteiger charge is 2.71. The predicted octanol–water partition coefficient (Wildman–Crippen LogP) is 8.78. The Morgan fingerprint density at radius 3 is 2.08 bits per heavy atom. The summed E-state index contributed by atoms with van der Waals surface area (Å²) in [6.07, 6.45) is 5.40. The third-order valence-corrected chi connectivity index (χ3v) is 25.6. The van der Waals surface area contributed by atoms with Crippen molar-refractivity contribution in [3.8, 4) is 11.3 Å². The van der Waals surface area contributed by atoms with E-state index in [2.05, 4.69) is 107 Å². The molecule has 1 aromatic carbocycles. The third kappa shape index (κ3) is 11.4. The zero-order chi connectivity index (χ0) is 48.8. The molecule has 2 saturated carbocycles. The molecule has 3 heterocycles. The van der Waals surface area contributed by atoms with Crippen molar-refractivity contribution in [1.29, 1.82) is 0 Å². The molecule has 4 aliphatic rings. The molecule has 3 N–H and O–H groups in total. The van der Waals surface area contributed by atoms with Gasteiger partial charge in [-0.05, 0) is 116 Å². The van der Waals surface area contributed by atoms with Crippen LogP contribution >= 0.6 is 0 Å². The first kappa shape index (κ1) is 52.3. The van der Waals surface area contributed by atoms with E-state index in [4.69, 9.17) is 8.85 Å². The smallest absolute Gasteiger partial charge is 0.258 e. The van der Waals surface area contributed by atoms with Crippen molar-refractivity contribution >= 4 is 34.4 Å². The van der Waals surface area contributed by atoms with Gasteiger partial charge in [0.15, 0.2) is 16.6 Å². The summed E-state index contributed by atoms with van der Waals surface area (Å²) in [7, 11) is -4.53. The molecular weight excluding hydrogens is 875 g/mol. The second kappa shape index (κ2) is 19.4. The topological polar surface area (TPSA) is 138 Å². The molecule has 2 aliphatic heterocycles. The van der Waals surface area contributed by atoms with Crippen molar-refractivity contribution in [1.82, 2.24) is 30.2 Å². The molecule has 16 heteroatoms. The molecule has 1 spiro atoms. The second-order valence-corrected chi connectivity index (χ2v) is 33.5. The van der Waals surface area contributed by atoms with E-state index in [1.165, 1.54) is 0 Å². The van der Waals surface area contributed by atoms with Gasteiger partial charge in [-0.1, -0.05) is 79.7 Å². The van der Waals surface area contributed by atoms with Crippen LogP contribution in [0.5, 0.6) is 0 Å². The number of hydrogen-bond acceptors (Lipinski definition) is 8. The van der Waals surface area contributed by atoms with Crippen LogP contribution in [0, 0.1) is 22.7 Å². The Bertz CT molecular complexity index is 2020. The number of piperidine rings is 1. The summed E-state index contributed by atoms with van der Waals surface area (Å²) >= 11 is 0. The van der Waals surface area contributed by atoms with Gasteiger partial charge in [0.1, 0.15) is 12.1 Å². The number of halogens is 2. The van der Waals surface area contributed by atoms with Crippen molar-refractivity contribution in [2.75, 3.05) is 39.4 Å². The molecular formula is C50H82F2N6O6Si2. The zero-order valence-corrected chi connectivity index (χ0v) is 44.4. The van der Waals surface area contributed by atoms with Gasteiger partial charge in [-0.15, -0.1) is 0 Å². The van der Waals surface area contributed by atoms with Gasteiger partial charge in [-0.3, -0.25) is 19.1 Å². The molecule has 5 atom stereocenters. The fraction of sp³-hybridized carbons (Fsp3) is 0.760. The number of rotatable bonds is 18. The summed E-state index contributed by atoms with van der Waals surface area (Å²) in [6, 6.07) is 8.01. The lowest BCUT2D eigenvalue weighted by Gasteiger charge is -2.52. The van der Waals surface area contributed by atoms with Crippen LogP contribution < -0.4 is 10.6 Å². The lowest BCUT2D eigenvalue weighted by atomic mass is 9.56. The zero-order valence-electron chi connectivity index (χ0n) is 42.4. The summed E-state index contributed by atoms with van der Waals surface area (Å²) in [5.74, 6) is -3.60. The molecule has 2 aliphatic carbocycles. The number of likely N-dealkylation sites (tertiary alicyclic amines) is 2. The minimum absolute atomic E-state index is 0.0492. The number of aromatic nitrogens is 2. The number of carbonyl (C=O) groups excluding carboxylic acids is 3. The number of amides is 3. The lowest BCUT2D eigenvalue weighted by molar-refractivity contribution is -0.143. The number of nitrogens with zero attached hydrogens (tertiary/aromatic N) is 4. The van der Waals surface area contributed by atoms with Crippen molar-refractivity contribution in [2.24, 2.45) is 22.7 Å². The normalized spacial score (nSPS) is 24.6. The molecule has 0 radical (unpaired) electrons. The fourth-order valence-electron chi connectivity index (χ4n) is 9.97. The number of aliphatic hydroxyl groups is 1. The van der Waals surface area contributed by atoms with Crippen molar-refractivity contribution in [3.05, 3.63) is 42.1 Å². The molecule has 12 nitrogen and oxygen atoms in total. The van der Waals surface area contributed by atoms with Crippen LogP contribution in [0.3, 0.4) is 0 Å². The maximum Gasteiger partial charge on any atom is 0.258 e. The van der Waals surface area contributed by atoms with E-state index in [9.17, 15) is 28.3 Å². The van der Waals surface area contributed by atoms with E-state index >= 15 is 0 Å². The van der Waals surface area contributed by atoms with E-state index in [1.807, 2.05) is 36.7 Å². The van der Waals surface area contributed by atoms with Gasteiger partial charge in [-0.2, -0.15) is 5.10 Å².